The van der Waals surface area contributed by atoms with Gasteiger partial charge in [0.25, 0.3) is 0 Å². The standard InChI is InChI=1S/C16H23NO4/c1-20-14-7-6-11(8-15(14)21-2)9-17-10-12-4-3-5-13(12)16(18)19/h6-8,12-13,17H,3-5,9-10H2,1-2H3,(H,18,19). The molecule has 1 aliphatic carbocycles. The van der Waals surface area contributed by atoms with Gasteiger partial charge in [0, 0.05) is 6.54 Å². The zero-order valence-corrected chi connectivity index (χ0v) is 12.6. The quantitative estimate of drug-likeness (QED) is 0.807. The van der Waals surface area contributed by atoms with Gasteiger partial charge in [0.2, 0.25) is 0 Å². The number of nitrogens with one attached hydrogen (secondary N) is 1. The van der Waals surface area contributed by atoms with E-state index < -0.39 is 5.97 Å². The zero-order chi connectivity index (χ0) is 15.2. The highest BCUT2D eigenvalue weighted by Gasteiger charge is 2.32. The van der Waals surface area contributed by atoms with E-state index in [9.17, 15) is 4.79 Å². The van der Waals surface area contributed by atoms with E-state index in [2.05, 4.69) is 5.32 Å². The molecule has 1 fully saturated rings. The van der Waals surface area contributed by atoms with Crippen molar-refractivity contribution in [3.8, 4) is 11.5 Å². The fraction of sp³-hybridized carbons (Fsp3) is 0.562. The molecular formula is C16H23NO4. The predicted molar refractivity (Wildman–Crippen MR) is 79.7 cm³/mol. The maximum absolute atomic E-state index is 11.1. The summed E-state index contributed by atoms with van der Waals surface area (Å²) in [5.74, 6) is 0.806. The van der Waals surface area contributed by atoms with Gasteiger partial charge in [-0.05, 0) is 43.0 Å². The first kappa shape index (κ1) is 15.6. The third-order valence-corrected chi connectivity index (χ3v) is 4.16. The molecule has 2 atom stereocenters. The molecule has 0 amide bonds. The molecule has 0 radical (unpaired) electrons. The zero-order valence-electron chi connectivity index (χ0n) is 12.6. The Morgan fingerprint density at radius 3 is 2.71 bits per heavy atom. The molecule has 0 aliphatic heterocycles. The van der Waals surface area contributed by atoms with Crippen molar-refractivity contribution in [3.05, 3.63) is 23.8 Å². The van der Waals surface area contributed by atoms with Gasteiger partial charge in [0.1, 0.15) is 0 Å². The molecule has 1 aromatic rings. The SMILES string of the molecule is COc1ccc(CNCC2CCCC2C(=O)O)cc1OC. The summed E-state index contributed by atoms with van der Waals surface area (Å²) in [5.41, 5.74) is 1.09. The summed E-state index contributed by atoms with van der Waals surface area (Å²) in [6, 6.07) is 5.80. The van der Waals surface area contributed by atoms with Crippen LogP contribution in [0.1, 0.15) is 24.8 Å². The van der Waals surface area contributed by atoms with E-state index in [4.69, 9.17) is 14.6 Å². The van der Waals surface area contributed by atoms with Gasteiger partial charge in [-0.2, -0.15) is 0 Å². The van der Waals surface area contributed by atoms with Crippen LogP contribution in [0.3, 0.4) is 0 Å². The number of benzene rings is 1. The lowest BCUT2D eigenvalue weighted by atomic mass is 9.96. The number of carboxylic acids is 1. The molecule has 1 aromatic carbocycles. The van der Waals surface area contributed by atoms with E-state index in [-0.39, 0.29) is 11.8 Å². The van der Waals surface area contributed by atoms with E-state index in [0.717, 1.165) is 31.4 Å². The Hall–Kier alpha value is -1.75. The predicted octanol–water partition coefficient (Wildman–Crippen LogP) is 2.29. The van der Waals surface area contributed by atoms with Gasteiger partial charge in [0.05, 0.1) is 20.1 Å². The van der Waals surface area contributed by atoms with Gasteiger partial charge < -0.3 is 19.9 Å². The van der Waals surface area contributed by atoms with Gasteiger partial charge in [-0.25, -0.2) is 0 Å². The number of rotatable bonds is 7. The van der Waals surface area contributed by atoms with Crippen LogP contribution in [0.2, 0.25) is 0 Å². The van der Waals surface area contributed by atoms with Gasteiger partial charge in [-0.1, -0.05) is 12.5 Å². The van der Waals surface area contributed by atoms with Crippen LogP contribution >= 0.6 is 0 Å². The molecule has 5 nitrogen and oxygen atoms in total. The van der Waals surface area contributed by atoms with Gasteiger partial charge in [0.15, 0.2) is 11.5 Å². The van der Waals surface area contributed by atoms with Crippen molar-refractivity contribution in [1.82, 2.24) is 5.32 Å². The molecule has 5 heteroatoms. The van der Waals surface area contributed by atoms with Crippen LogP contribution in [-0.2, 0) is 11.3 Å². The number of methoxy groups -OCH3 is 2. The molecule has 0 aromatic heterocycles. The van der Waals surface area contributed by atoms with Crippen LogP contribution < -0.4 is 14.8 Å². The molecular weight excluding hydrogens is 270 g/mol. The van der Waals surface area contributed by atoms with E-state index >= 15 is 0 Å². The highest BCUT2D eigenvalue weighted by Crippen LogP contribution is 2.31. The van der Waals surface area contributed by atoms with Crippen LogP contribution in [0.5, 0.6) is 11.5 Å². The lowest BCUT2D eigenvalue weighted by molar-refractivity contribution is -0.142. The Morgan fingerprint density at radius 2 is 2.05 bits per heavy atom. The van der Waals surface area contributed by atoms with Crippen molar-refractivity contribution < 1.29 is 19.4 Å². The summed E-state index contributed by atoms with van der Waals surface area (Å²) in [4.78, 5) is 11.1. The van der Waals surface area contributed by atoms with E-state index in [1.807, 2.05) is 18.2 Å². The van der Waals surface area contributed by atoms with Crippen LogP contribution in [-0.4, -0.2) is 31.8 Å². The Bertz CT molecular complexity index is 489. The minimum absolute atomic E-state index is 0.192. The fourth-order valence-corrected chi connectivity index (χ4v) is 3.00. The second-order valence-electron chi connectivity index (χ2n) is 5.46. The second-order valence-corrected chi connectivity index (χ2v) is 5.46. The number of carboxylic acid groups (broad SMARTS) is 1. The fourth-order valence-electron chi connectivity index (χ4n) is 3.00. The Morgan fingerprint density at radius 1 is 1.29 bits per heavy atom. The third-order valence-electron chi connectivity index (χ3n) is 4.16. The summed E-state index contributed by atoms with van der Waals surface area (Å²) >= 11 is 0. The molecule has 2 rings (SSSR count). The lowest BCUT2D eigenvalue weighted by Crippen LogP contribution is -2.28. The van der Waals surface area contributed by atoms with Crippen LogP contribution in [0, 0.1) is 11.8 Å². The normalized spacial score (nSPS) is 21.2. The molecule has 1 aliphatic rings. The van der Waals surface area contributed by atoms with Crippen molar-refractivity contribution in [2.75, 3.05) is 20.8 Å². The summed E-state index contributed by atoms with van der Waals surface area (Å²) < 4.78 is 10.5. The van der Waals surface area contributed by atoms with Gasteiger partial charge in [-0.15, -0.1) is 0 Å². The van der Waals surface area contributed by atoms with E-state index in [1.165, 1.54) is 0 Å². The molecule has 0 bridgehead atoms. The van der Waals surface area contributed by atoms with Gasteiger partial charge in [-0.3, -0.25) is 4.79 Å². The molecule has 116 valence electrons. The van der Waals surface area contributed by atoms with Crippen molar-refractivity contribution in [1.29, 1.82) is 0 Å². The first-order chi connectivity index (χ1) is 10.2. The van der Waals surface area contributed by atoms with E-state index in [0.29, 0.717) is 18.0 Å². The van der Waals surface area contributed by atoms with Crippen LogP contribution in [0.15, 0.2) is 18.2 Å². The van der Waals surface area contributed by atoms with E-state index in [1.54, 1.807) is 14.2 Å². The smallest absolute Gasteiger partial charge is 0.306 e. The lowest BCUT2D eigenvalue weighted by Gasteiger charge is -2.16. The highest BCUT2D eigenvalue weighted by molar-refractivity contribution is 5.70. The molecule has 21 heavy (non-hydrogen) atoms. The topological polar surface area (TPSA) is 67.8 Å². The first-order valence-electron chi connectivity index (χ1n) is 7.30. The number of hydrogen-bond acceptors (Lipinski definition) is 4. The number of aliphatic carboxylic acids is 1. The number of ether oxygens (including phenoxy) is 2. The summed E-state index contributed by atoms with van der Waals surface area (Å²) in [6.45, 7) is 1.44. The first-order valence-corrected chi connectivity index (χ1v) is 7.30. The molecule has 2 unspecified atom stereocenters. The Labute approximate surface area is 125 Å². The van der Waals surface area contributed by atoms with Gasteiger partial charge >= 0.3 is 5.97 Å². The summed E-state index contributed by atoms with van der Waals surface area (Å²) in [7, 11) is 3.23. The molecule has 0 spiro atoms. The monoisotopic (exact) mass is 293 g/mol. The van der Waals surface area contributed by atoms with Crippen molar-refractivity contribution >= 4 is 5.97 Å². The second kappa shape index (κ2) is 7.31. The van der Waals surface area contributed by atoms with Crippen molar-refractivity contribution in [2.45, 2.75) is 25.8 Å². The average Bonchev–Trinajstić information content (AvgIpc) is 2.95. The maximum Gasteiger partial charge on any atom is 0.306 e. The minimum atomic E-state index is -0.662. The van der Waals surface area contributed by atoms with Crippen molar-refractivity contribution in [2.24, 2.45) is 11.8 Å². The van der Waals surface area contributed by atoms with Crippen molar-refractivity contribution in [3.63, 3.8) is 0 Å². The molecule has 0 heterocycles. The molecule has 1 saturated carbocycles. The number of hydrogen-bond donors (Lipinski definition) is 2. The van der Waals surface area contributed by atoms with Crippen LogP contribution in [0.4, 0.5) is 0 Å². The Kier molecular flexibility index (Phi) is 5.44. The largest absolute Gasteiger partial charge is 0.493 e. The number of carbonyl (C=O) groups is 1. The molecule has 2 N–H and O–H groups in total. The average molecular weight is 293 g/mol. The highest BCUT2D eigenvalue weighted by atomic mass is 16.5. The van der Waals surface area contributed by atoms with Crippen LogP contribution in [0.25, 0.3) is 0 Å². The minimum Gasteiger partial charge on any atom is -0.493 e. The summed E-state index contributed by atoms with van der Waals surface area (Å²) in [5, 5.41) is 12.5. The molecule has 0 saturated heterocycles. The Balaban J connectivity index is 1.87. The third kappa shape index (κ3) is 3.88. The summed E-state index contributed by atoms with van der Waals surface area (Å²) in [6.07, 6.45) is 2.81. The maximum atomic E-state index is 11.1.